The highest BCUT2D eigenvalue weighted by Crippen LogP contribution is 2.31. The number of para-hydroxylation sites is 2. The highest BCUT2D eigenvalue weighted by molar-refractivity contribution is 7.90. The van der Waals surface area contributed by atoms with Crippen LogP contribution >= 0.6 is 0 Å². The lowest BCUT2D eigenvalue weighted by Crippen LogP contribution is -2.37. The molecule has 1 aliphatic heterocycles. The summed E-state index contributed by atoms with van der Waals surface area (Å²) in [6.45, 7) is 1.21. The van der Waals surface area contributed by atoms with E-state index in [9.17, 15) is 18.5 Å². The second kappa shape index (κ2) is 9.70. The molecule has 0 saturated heterocycles. The number of sulfonamides is 1. The Morgan fingerprint density at radius 2 is 1.39 bits per heavy atom. The summed E-state index contributed by atoms with van der Waals surface area (Å²) in [7, 11) is -4.05. The first-order valence-electron chi connectivity index (χ1n) is 10.2. The minimum absolute atomic E-state index is 0.176. The Morgan fingerprint density at radius 3 is 1.91 bits per heavy atom. The average Bonchev–Trinajstić information content (AvgIpc) is 3.09. The van der Waals surface area contributed by atoms with Gasteiger partial charge in [-0.25, -0.2) is 0 Å². The molecule has 10 heteroatoms. The number of fused-ring (bicyclic) bond motifs is 1. The van der Waals surface area contributed by atoms with Gasteiger partial charge in [-0.15, -0.1) is 4.40 Å². The number of hydrogen-bond acceptors (Lipinski definition) is 7. The molecule has 170 valence electrons. The van der Waals surface area contributed by atoms with Gasteiger partial charge in [0.25, 0.3) is 15.7 Å². The molecule has 1 aliphatic rings. The number of hydrogen-bond donors (Lipinski definition) is 0. The zero-order valence-electron chi connectivity index (χ0n) is 17.5. The molecule has 9 nitrogen and oxygen atoms in total. The van der Waals surface area contributed by atoms with E-state index in [1.807, 2.05) is 60.7 Å². The molecular weight excluding hydrogens is 446 g/mol. The molecular formula is C23H21N3O6S. The smallest absolute Gasteiger partial charge is 0.285 e. The van der Waals surface area contributed by atoms with E-state index in [0.717, 1.165) is 6.07 Å². The van der Waals surface area contributed by atoms with Gasteiger partial charge < -0.3 is 14.4 Å². The van der Waals surface area contributed by atoms with Gasteiger partial charge in [0.1, 0.15) is 29.6 Å². The van der Waals surface area contributed by atoms with E-state index >= 15 is 0 Å². The maximum Gasteiger partial charge on any atom is 0.285 e. The second-order valence-corrected chi connectivity index (χ2v) is 8.71. The number of ether oxygens (including phenoxy) is 2. The third kappa shape index (κ3) is 5.29. The summed E-state index contributed by atoms with van der Waals surface area (Å²) in [4.78, 5) is 12.1. The number of amidine groups is 1. The van der Waals surface area contributed by atoms with Gasteiger partial charge in [-0.2, -0.15) is 8.42 Å². The summed E-state index contributed by atoms with van der Waals surface area (Å²) in [5, 5.41) is 11.1. The third-order valence-corrected chi connectivity index (χ3v) is 6.25. The lowest BCUT2D eigenvalue weighted by molar-refractivity contribution is -0.385. The maximum atomic E-state index is 12.6. The highest BCUT2D eigenvalue weighted by atomic mass is 32.2. The fourth-order valence-corrected chi connectivity index (χ4v) is 4.61. The van der Waals surface area contributed by atoms with Crippen molar-refractivity contribution in [1.82, 2.24) is 4.90 Å². The standard InChI is InChI=1S/C23H21N3O6S/c27-26(28)18-11-12-21-22(17-18)33(29,30)24-23(21)25(13-15-31-19-7-3-1-4-8-19)14-16-32-20-9-5-2-6-10-20/h1-12,17H,13-16H2. The molecule has 0 unspecified atom stereocenters. The zero-order chi connectivity index (χ0) is 23.3. The van der Waals surface area contributed by atoms with Gasteiger partial charge >= 0.3 is 0 Å². The van der Waals surface area contributed by atoms with Crippen LogP contribution in [0.2, 0.25) is 0 Å². The SMILES string of the molecule is O=[N+]([O-])c1ccc2c(c1)S(=O)(=O)N=C2N(CCOc1ccccc1)CCOc1ccccc1. The summed E-state index contributed by atoms with van der Waals surface area (Å²) >= 11 is 0. The Kier molecular flexibility index (Phi) is 6.55. The van der Waals surface area contributed by atoms with Gasteiger partial charge in [0, 0.05) is 17.7 Å². The van der Waals surface area contributed by atoms with Crippen LogP contribution < -0.4 is 9.47 Å². The number of nitrogens with zero attached hydrogens (tertiary/aromatic N) is 3. The summed E-state index contributed by atoms with van der Waals surface area (Å²) in [5.41, 5.74) is 0.0140. The molecule has 0 fully saturated rings. The lowest BCUT2D eigenvalue weighted by Gasteiger charge is -2.24. The van der Waals surface area contributed by atoms with Crippen molar-refractivity contribution < 1.29 is 22.8 Å². The van der Waals surface area contributed by atoms with Crippen molar-refractivity contribution in [2.24, 2.45) is 4.40 Å². The normalized spacial score (nSPS) is 13.6. The molecule has 0 saturated carbocycles. The first-order chi connectivity index (χ1) is 15.9. The van der Waals surface area contributed by atoms with E-state index in [4.69, 9.17) is 9.47 Å². The van der Waals surface area contributed by atoms with E-state index in [-0.39, 0.29) is 29.6 Å². The molecule has 0 aromatic heterocycles. The van der Waals surface area contributed by atoms with Crippen molar-refractivity contribution in [3.63, 3.8) is 0 Å². The van der Waals surface area contributed by atoms with E-state index < -0.39 is 14.9 Å². The van der Waals surface area contributed by atoms with Crippen molar-refractivity contribution in [3.05, 3.63) is 94.5 Å². The first-order valence-corrected chi connectivity index (χ1v) is 11.6. The number of rotatable bonds is 9. The van der Waals surface area contributed by atoms with Gasteiger partial charge in [0.05, 0.1) is 18.0 Å². The Morgan fingerprint density at radius 1 is 0.848 bits per heavy atom. The highest BCUT2D eigenvalue weighted by Gasteiger charge is 2.33. The Balaban J connectivity index is 1.55. The van der Waals surface area contributed by atoms with Gasteiger partial charge in [0.2, 0.25) is 0 Å². The van der Waals surface area contributed by atoms with Crippen LogP contribution in [0.4, 0.5) is 5.69 Å². The monoisotopic (exact) mass is 467 g/mol. The van der Waals surface area contributed by atoms with Gasteiger partial charge in [-0.1, -0.05) is 36.4 Å². The van der Waals surface area contributed by atoms with Crippen molar-refractivity contribution in [2.45, 2.75) is 4.90 Å². The van der Waals surface area contributed by atoms with E-state index in [0.29, 0.717) is 30.2 Å². The molecule has 0 aliphatic carbocycles. The van der Waals surface area contributed by atoms with Crippen LogP contribution in [0.1, 0.15) is 5.56 Å². The van der Waals surface area contributed by atoms with Crippen LogP contribution in [0.15, 0.2) is 88.2 Å². The summed E-state index contributed by atoms with van der Waals surface area (Å²) < 4.78 is 40.7. The molecule has 0 atom stereocenters. The topological polar surface area (TPSA) is 111 Å². The fourth-order valence-electron chi connectivity index (χ4n) is 3.37. The molecule has 0 radical (unpaired) electrons. The summed E-state index contributed by atoms with van der Waals surface area (Å²) in [6.07, 6.45) is 0. The number of non-ortho nitro benzene ring substituents is 1. The molecule has 1 heterocycles. The summed E-state index contributed by atoms with van der Waals surface area (Å²) in [5.74, 6) is 1.60. The van der Waals surface area contributed by atoms with Crippen LogP contribution in [0.25, 0.3) is 0 Å². The number of benzene rings is 3. The molecule has 0 spiro atoms. The number of nitro benzene ring substituents is 1. The van der Waals surface area contributed by atoms with Crippen molar-refractivity contribution in [2.75, 3.05) is 26.3 Å². The molecule has 0 amide bonds. The fraction of sp³-hybridized carbons (Fsp3) is 0.174. The minimum Gasteiger partial charge on any atom is -0.492 e. The average molecular weight is 468 g/mol. The molecule has 0 N–H and O–H groups in total. The van der Waals surface area contributed by atoms with E-state index in [1.165, 1.54) is 12.1 Å². The Bertz CT molecular complexity index is 1220. The first kappa shape index (κ1) is 22.3. The van der Waals surface area contributed by atoms with Crippen LogP contribution in [-0.2, 0) is 10.0 Å². The Labute approximate surface area is 191 Å². The van der Waals surface area contributed by atoms with Gasteiger partial charge in [-0.05, 0) is 30.3 Å². The minimum atomic E-state index is -4.05. The molecule has 3 aromatic rings. The van der Waals surface area contributed by atoms with Crippen LogP contribution in [0, 0.1) is 10.1 Å². The Hall–Kier alpha value is -3.92. The van der Waals surface area contributed by atoms with Gasteiger partial charge in [-0.3, -0.25) is 10.1 Å². The van der Waals surface area contributed by atoms with Crippen LogP contribution in [0.3, 0.4) is 0 Å². The lowest BCUT2D eigenvalue weighted by atomic mass is 10.1. The van der Waals surface area contributed by atoms with Crippen LogP contribution in [0.5, 0.6) is 11.5 Å². The predicted molar refractivity (Wildman–Crippen MR) is 122 cm³/mol. The molecule has 33 heavy (non-hydrogen) atoms. The zero-order valence-corrected chi connectivity index (χ0v) is 18.3. The van der Waals surface area contributed by atoms with Crippen molar-refractivity contribution >= 4 is 21.5 Å². The molecule has 3 aromatic carbocycles. The quantitative estimate of drug-likeness (QED) is 0.350. The number of nitro groups is 1. The van der Waals surface area contributed by atoms with Crippen molar-refractivity contribution in [1.29, 1.82) is 0 Å². The maximum absolute atomic E-state index is 12.6. The largest absolute Gasteiger partial charge is 0.492 e. The molecule has 0 bridgehead atoms. The van der Waals surface area contributed by atoms with E-state index in [1.54, 1.807) is 4.90 Å². The second-order valence-electron chi connectivity index (χ2n) is 7.14. The van der Waals surface area contributed by atoms with Crippen LogP contribution in [-0.4, -0.2) is 50.4 Å². The van der Waals surface area contributed by atoms with E-state index in [2.05, 4.69) is 4.40 Å². The third-order valence-electron chi connectivity index (χ3n) is 4.95. The molecule has 4 rings (SSSR count). The predicted octanol–water partition coefficient (Wildman–Crippen LogP) is 3.50. The van der Waals surface area contributed by atoms with Crippen molar-refractivity contribution in [3.8, 4) is 11.5 Å². The van der Waals surface area contributed by atoms with Gasteiger partial charge in [0.15, 0.2) is 5.84 Å². The summed E-state index contributed by atoms with van der Waals surface area (Å²) in [6, 6.07) is 22.2.